The van der Waals surface area contributed by atoms with Gasteiger partial charge in [0.05, 0.1) is 12.4 Å². The Kier molecular flexibility index (Phi) is 3.62. The van der Waals surface area contributed by atoms with Gasteiger partial charge in [-0.15, -0.1) is 0 Å². The van der Waals surface area contributed by atoms with Gasteiger partial charge in [-0.25, -0.2) is 13.1 Å². The molecule has 0 aliphatic carbocycles. The Morgan fingerprint density at radius 2 is 1.93 bits per heavy atom. The molecule has 0 spiro atoms. The number of hydrogen-bond donors (Lipinski definition) is 2. The number of aliphatic hydroxyl groups excluding tert-OH is 1. The maximum absolute atomic E-state index is 10.7. The van der Waals surface area contributed by atoms with Crippen LogP contribution in [0.3, 0.4) is 0 Å². The summed E-state index contributed by atoms with van der Waals surface area (Å²) in [5.74, 6) is 0. The van der Waals surface area contributed by atoms with Crippen LogP contribution in [0.25, 0.3) is 0 Å². The Balaban J connectivity index is 2.56. The minimum absolute atomic E-state index is 0.00282. The Labute approximate surface area is 83.6 Å². The predicted molar refractivity (Wildman–Crippen MR) is 54.2 cm³/mol. The van der Waals surface area contributed by atoms with Crippen LogP contribution in [0.5, 0.6) is 0 Å². The summed E-state index contributed by atoms with van der Waals surface area (Å²) < 4.78 is 23.7. The number of rotatable bonds is 4. The zero-order valence-corrected chi connectivity index (χ0v) is 8.66. The van der Waals surface area contributed by atoms with Crippen molar-refractivity contribution in [2.24, 2.45) is 0 Å². The van der Waals surface area contributed by atoms with Crippen molar-refractivity contribution < 1.29 is 13.5 Å². The SMILES string of the molecule is CS(=O)(=O)NCC(O)c1ccccc1. The summed E-state index contributed by atoms with van der Waals surface area (Å²) in [5, 5.41) is 9.56. The molecule has 2 N–H and O–H groups in total. The topological polar surface area (TPSA) is 66.4 Å². The van der Waals surface area contributed by atoms with E-state index in [0.717, 1.165) is 6.26 Å². The molecule has 0 bridgehead atoms. The van der Waals surface area contributed by atoms with Crippen LogP contribution in [-0.4, -0.2) is 26.3 Å². The van der Waals surface area contributed by atoms with Crippen molar-refractivity contribution in [2.45, 2.75) is 6.10 Å². The summed E-state index contributed by atoms with van der Waals surface area (Å²) in [4.78, 5) is 0. The van der Waals surface area contributed by atoms with E-state index in [1.54, 1.807) is 24.3 Å². The Bertz CT molecular complexity index is 374. The van der Waals surface area contributed by atoms with E-state index in [-0.39, 0.29) is 6.54 Å². The second-order valence-electron chi connectivity index (χ2n) is 3.05. The smallest absolute Gasteiger partial charge is 0.208 e. The first-order chi connectivity index (χ1) is 6.49. The van der Waals surface area contributed by atoms with Gasteiger partial charge in [-0.2, -0.15) is 0 Å². The lowest BCUT2D eigenvalue weighted by Gasteiger charge is -2.10. The highest BCUT2D eigenvalue weighted by Crippen LogP contribution is 2.10. The summed E-state index contributed by atoms with van der Waals surface area (Å²) in [5.41, 5.74) is 0.698. The van der Waals surface area contributed by atoms with E-state index in [1.807, 2.05) is 6.07 Å². The van der Waals surface area contributed by atoms with Crippen LogP contribution < -0.4 is 4.72 Å². The highest BCUT2D eigenvalue weighted by molar-refractivity contribution is 7.88. The fourth-order valence-corrected chi connectivity index (χ4v) is 1.48. The van der Waals surface area contributed by atoms with Crippen LogP contribution in [0.1, 0.15) is 11.7 Å². The molecule has 1 rings (SSSR count). The van der Waals surface area contributed by atoms with Crippen molar-refractivity contribution in [3.05, 3.63) is 35.9 Å². The lowest BCUT2D eigenvalue weighted by Crippen LogP contribution is -2.27. The molecule has 1 unspecified atom stereocenters. The highest BCUT2D eigenvalue weighted by Gasteiger charge is 2.09. The number of nitrogens with one attached hydrogen (secondary N) is 1. The zero-order chi connectivity index (χ0) is 10.6. The van der Waals surface area contributed by atoms with Crippen molar-refractivity contribution in [1.29, 1.82) is 0 Å². The summed E-state index contributed by atoms with van der Waals surface area (Å²) in [6.07, 6.45) is 0.260. The van der Waals surface area contributed by atoms with Gasteiger partial charge in [-0.1, -0.05) is 30.3 Å². The normalized spacial score (nSPS) is 13.9. The predicted octanol–water partition coefficient (Wildman–Crippen LogP) is 0.269. The standard InChI is InChI=1S/C9H13NO3S/c1-14(12,13)10-7-9(11)8-5-3-2-4-6-8/h2-6,9-11H,7H2,1H3. The minimum Gasteiger partial charge on any atom is -0.387 e. The third-order valence-electron chi connectivity index (χ3n) is 1.72. The summed E-state index contributed by atoms with van der Waals surface area (Å²) in [6, 6.07) is 8.90. The molecule has 0 aromatic heterocycles. The zero-order valence-electron chi connectivity index (χ0n) is 7.84. The van der Waals surface area contributed by atoms with E-state index in [4.69, 9.17) is 0 Å². The minimum atomic E-state index is -3.24. The van der Waals surface area contributed by atoms with E-state index in [1.165, 1.54) is 0 Å². The Morgan fingerprint density at radius 3 is 2.43 bits per heavy atom. The average molecular weight is 215 g/mol. The number of aliphatic hydroxyl groups is 1. The molecule has 4 nitrogen and oxygen atoms in total. The number of sulfonamides is 1. The Hall–Kier alpha value is -0.910. The molecule has 1 aromatic carbocycles. The second kappa shape index (κ2) is 4.54. The van der Waals surface area contributed by atoms with Gasteiger partial charge >= 0.3 is 0 Å². The second-order valence-corrected chi connectivity index (χ2v) is 4.88. The molecule has 0 saturated carbocycles. The maximum atomic E-state index is 10.7. The monoisotopic (exact) mass is 215 g/mol. The van der Waals surface area contributed by atoms with Gasteiger partial charge in [-0.05, 0) is 5.56 Å². The molecule has 1 aromatic rings. The lowest BCUT2D eigenvalue weighted by atomic mass is 10.1. The third-order valence-corrected chi connectivity index (χ3v) is 2.41. The summed E-state index contributed by atoms with van der Waals surface area (Å²) in [6.45, 7) is 0.00282. The number of hydrogen-bond acceptors (Lipinski definition) is 3. The summed E-state index contributed by atoms with van der Waals surface area (Å²) >= 11 is 0. The molecule has 5 heteroatoms. The van der Waals surface area contributed by atoms with Crippen molar-refractivity contribution >= 4 is 10.0 Å². The molecule has 0 amide bonds. The first-order valence-electron chi connectivity index (χ1n) is 4.17. The highest BCUT2D eigenvalue weighted by atomic mass is 32.2. The molecular formula is C9H13NO3S. The molecular weight excluding hydrogens is 202 g/mol. The van der Waals surface area contributed by atoms with Gasteiger partial charge in [0.1, 0.15) is 0 Å². The van der Waals surface area contributed by atoms with E-state index in [9.17, 15) is 13.5 Å². The van der Waals surface area contributed by atoms with Crippen molar-refractivity contribution in [2.75, 3.05) is 12.8 Å². The molecule has 78 valence electrons. The van der Waals surface area contributed by atoms with Crippen LogP contribution >= 0.6 is 0 Å². The van der Waals surface area contributed by atoms with Crippen LogP contribution in [-0.2, 0) is 10.0 Å². The van der Waals surface area contributed by atoms with Crippen LogP contribution in [0.2, 0.25) is 0 Å². The van der Waals surface area contributed by atoms with Crippen LogP contribution in [0.4, 0.5) is 0 Å². The molecule has 0 heterocycles. The van der Waals surface area contributed by atoms with Crippen molar-refractivity contribution in [1.82, 2.24) is 4.72 Å². The molecule has 0 aliphatic rings. The fourth-order valence-electron chi connectivity index (χ4n) is 1.02. The first-order valence-corrected chi connectivity index (χ1v) is 6.06. The van der Waals surface area contributed by atoms with Gasteiger partial charge in [0, 0.05) is 6.54 Å². The average Bonchev–Trinajstić information content (AvgIpc) is 2.14. The Morgan fingerprint density at radius 1 is 1.36 bits per heavy atom. The molecule has 14 heavy (non-hydrogen) atoms. The van der Waals surface area contributed by atoms with Crippen LogP contribution in [0.15, 0.2) is 30.3 Å². The third kappa shape index (κ3) is 3.87. The molecule has 1 atom stereocenters. The van der Waals surface area contributed by atoms with Crippen molar-refractivity contribution in [3.8, 4) is 0 Å². The molecule has 0 radical (unpaired) electrons. The summed E-state index contributed by atoms with van der Waals surface area (Å²) in [7, 11) is -3.24. The van der Waals surface area contributed by atoms with Gasteiger partial charge in [0.2, 0.25) is 10.0 Å². The first kappa shape index (κ1) is 11.2. The fraction of sp³-hybridized carbons (Fsp3) is 0.333. The van der Waals surface area contributed by atoms with Gasteiger partial charge < -0.3 is 5.11 Å². The van der Waals surface area contributed by atoms with Gasteiger partial charge in [-0.3, -0.25) is 0 Å². The molecule has 0 saturated heterocycles. The van der Waals surface area contributed by atoms with Gasteiger partial charge in [0.15, 0.2) is 0 Å². The quantitative estimate of drug-likeness (QED) is 0.757. The van der Waals surface area contributed by atoms with Crippen molar-refractivity contribution in [3.63, 3.8) is 0 Å². The largest absolute Gasteiger partial charge is 0.387 e. The van der Waals surface area contributed by atoms with E-state index < -0.39 is 16.1 Å². The molecule has 0 aliphatic heterocycles. The lowest BCUT2D eigenvalue weighted by molar-refractivity contribution is 0.182. The van der Waals surface area contributed by atoms with Crippen LogP contribution in [0, 0.1) is 0 Å². The molecule has 0 fully saturated rings. The van der Waals surface area contributed by atoms with E-state index in [2.05, 4.69) is 4.72 Å². The van der Waals surface area contributed by atoms with Gasteiger partial charge in [0.25, 0.3) is 0 Å². The van der Waals surface area contributed by atoms with E-state index in [0.29, 0.717) is 5.56 Å². The number of benzene rings is 1. The van der Waals surface area contributed by atoms with E-state index >= 15 is 0 Å². The maximum Gasteiger partial charge on any atom is 0.208 e.